The van der Waals surface area contributed by atoms with E-state index >= 15 is 0 Å². The largest absolute Gasteiger partial charge is 0.447 e. The van der Waals surface area contributed by atoms with Crippen molar-refractivity contribution in [3.63, 3.8) is 0 Å². The van der Waals surface area contributed by atoms with Crippen LogP contribution in [0.15, 0.2) is 29.2 Å². The molecule has 1 N–H and O–H groups in total. The molecular weight excluding hydrogens is 255 g/mol. The molecule has 0 spiro atoms. The number of alkyl carbamates (subject to hydrolysis) is 1. The van der Waals surface area contributed by atoms with Gasteiger partial charge in [0.15, 0.2) is 0 Å². The number of hydrogen-bond donors (Lipinski definition) is 1. The molecule has 1 aromatic rings. The van der Waals surface area contributed by atoms with Gasteiger partial charge in [0.25, 0.3) is 0 Å². The summed E-state index contributed by atoms with van der Waals surface area (Å²) in [4.78, 5) is 10.9. The number of ether oxygens (including phenoxy) is 1. The van der Waals surface area contributed by atoms with Crippen molar-refractivity contribution < 1.29 is 22.7 Å². The van der Waals surface area contributed by atoms with Crippen LogP contribution in [0.1, 0.15) is 11.6 Å². The third kappa shape index (κ3) is 3.06. The van der Waals surface area contributed by atoms with Gasteiger partial charge < -0.3 is 10.1 Å². The molecule has 0 unspecified atom stereocenters. The van der Waals surface area contributed by atoms with Crippen LogP contribution in [0.3, 0.4) is 0 Å². The predicted octanol–water partition coefficient (Wildman–Crippen LogP) is 3.08. The summed E-state index contributed by atoms with van der Waals surface area (Å²) < 4.78 is 41.7. The lowest BCUT2D eigenvalue weighted by atomic mass is 10.1. The number of thioether (sulfide) groups is 1. The third-order valence-electron chi connectivity index (χ3n) is 2.19. The summed E-state index contributed by atoms with van der Waals surface area (Å²) in [7, 11) is 0. The number of halogens is 3. The molecule has 0 saturated carbocycles. The van der Waals surface area contributed by atoms with E-state index in [4.69, 9.17) is 0 Å². The van der Waals surface area contributed by atoms with Crippen LogP contribution in [0, 0.1) is 0 Å². The quantitative estimate of drug-likeness (QED) is 0.833. The first-order chi connectivity index (χ1) is 7.96. The number of hydrogen-bond acceptors (Lipinski definition) is 3. The second-order valence-electron chi connectivity index (χ2n) is 3.38. The number of carbonyl (C=O) groups excluding carboxylic acids is 1. The van der Waals surface area contributed by atoms with E-state index in [0.717, 1.165) is 0 Å². The van der Waals surface area contributed by atoms with Gasteiger partial charge in [0.05, 0.1) is 6.04 Å². The zero-order valence-electron chi connectivity index (χ0n) is 8.45. The molecule has 1 atom stereocenters. The van der Waals surface area contributed by atoms with Gasteiger partial charge in [-0.05, 0) is 23.4 Å². The van der Waals surface area contributed by atoms with Crippen molar-refractivity contribution in [3.05, 3.63) is 29.8 Å². The van der Waals surface area contributed by atoms with Gasteiger partial charge in [-0.2, -0.15) is 13.2 Å². The minimum Gasteiger partial charge on any atom is -0.447 e. The fourth-order valence-corrected chi connectivity index (χ4v) is 2.26. The Labute approximate surface area is 99.3 Å². The fraction of sp³-hybridized carbons (Fsp3) is 0.300. The Hall–Kier alpha value is -1.37. The van der Waals surface area contributed by atoms with Gasteiger partial charge in [-0.1, -0.05) is 18.2 Å². The lowest BCUT2D eigenvalue weighted by Crippen LogP contribution is -2.19. The van der Waals surface area contributed by atoms with Crippen LogP contribution >= 0.6 is 11.8 Å². The van der Waals surface area contributed by atoms with Gasteiger partial charge in [-0.25, -0.2) is 4.79 Å². The summed E-state index contributed by atoms with van der Waals surface area (Å²) in [6.45, 7) is 0.0499. The van der Waals surface area contributed by atoms with Gasteiger partial charge in [0, 0.05) is 4.90 Å². The van der Waals surface area contributed by atoms with Crippen LogP contribution in [-0.4, -0.2) is 18.2 Å². The van der Waals surface area contributed by atoms with E-state index < -0.39 is 17.6 Å². The number of amides is 1. The number of cyclic esters (lactones) is 1. The maximum absolute atomic E-state index is 12.3. The molecule has 2 rings (SSSR count). The zero-order chi connectivity index (χ0) is 12.5. The van der Waals surface area contributed by atoms with Gasteiger partial charge in [0.2, 0.25) is 0 Å². The molecule has 1 aliphatic rings. The number of nitrogens with one attached hydrogen (secondary N) is 1. The molecule has 17 heavy (non-hydrogen) atoms. The first-order valence-corrected chi connectivity index (χ1v) is 5.55. The summed E-state index contributed by atoms with van der Waals surface area (Å²) in [6, 6.07) is 5.55. The van der Waals surface area contributed by atoms with Gasteiger partial charge >= 0.3 is 11.6 Å². The summed E-state index contributed by atoms with van der Waals surface area (Å²) in [5, 5.41) is 2.45. The third-order valence-corrected chi connectivity index (χ3v) is 3.02. The highest BCUT2D eigenvalue weighted by molar-refractivity contribution is 8.00. The van der Waals surface area contributed by atoms with E-state index in [9.17, 15) is 18.0 Å². The molecule has 0 radical (unpaired) electrons. The van der Waals surface area contributed by atoms with E-state index in [-0.39, 0.29) is 23.3 Å². The first kappa shape index (κ1) is 12.1. The first-order valence-electron chi connectivity index (χ1n) is 4.74. The van der Waals surface area contributed by atoms with Crippen LogP contribution in [0.5, 0.6) is 0 Å². The molecule has 1 aromatic carbocycles. The van der Waals surface area contributed by atoms with Crippen LogP contribution in [0.25, 0.3) is 0 Å². The monoisotopic (exact) mass is 263 g/mol. The van der Waals surface area contributed by atoms with E-state index in [1.165, 1.54) is 12.1 Å². The molecule has 1 fully saturated rings. The Balaban J connectivity index is 2.24. The Bertz CT molecular complexity index is 436. The van der Waals surface area contributed by atoms with Crippen LogP contribution in [-0.2, 0) is 4.74 Å². The van der Waals surface area contributed by atoms with Crippen molar-refractivity contribution >= 4 is 17.9 Å². The van der Waals surface area contributed by atoms with Crippen molar-refractivity contribution in [2.75, 3.05) is 6.61 Å². The maximum atomic E-state index is 12.3. The molecule has 1 heterocycles. The molecule has 1 aliphatic heterocycles. The summed E-state index contributed by atoms with van der Waals surface area (Å²) >= 11 is -0.191. The normalized spacial score (nSPS) is 19.9. The molecule has 7 heteroatoms. The zero-order valence-corrected chi connectivity index (χ0v) is 9.27. The molecule has 0 aliphatic carbocycles. The highest BCUT2D eigenvalue weighted by atomic mass is 32.2. The highest BCUT2D eigenvalue weighted by Crippen LogP contribution is 2.40. The second kappa shape index (κ2) is 4.48. The van der Waals surface area contributed by atoms with E-state index in [1.807, 2.05) is 0 Å². The SMILES string of the molecule is O=C1N[C@@H](c2ccccc2SC(F)(F)F)CO1. The average Bonchev–Trinajstić information content (AvgIpc) is 2.63. The van der Waals surface area contributed by atoms with Crippen molar-refractivity contribution in [2.24, 2.45) is 0 Å². The molecule has 0 bridgehead atoms. The predicted molar refractivity (Wildman–Crippen MR) is 55.6 cm³/mol. The van der Waals surface area contributed by atoms with Gasteiger partial charge in [-0.15, -0.1) is 0 Å². The standard InChI is InChI=1S/C10H8F3NO2S/c11-10(12,13)17-8-4-2-1-3-6(8)7-5-16-9(15)14-7/h1-4,7H,5H2,(H,14,15)/t7-/m1/s1. The topological polar surface area (TPSA) is 38.3 Å². The van der Waals surface area contributed by atoms with E-state index in [2.05, 4.69) is 10.1 Å². The Morgan fingerprint density at radius 1 is 1.35 bits per heavy atom. The fourth-order valence-electron chi connectivity index (χ4n) is 1.54. The van der Waals surface area contributed by atoms with Crippen LogP contribution < -0.4 is 5.32 Å². The maximum Gasteiger partial charge on any atom is 0.446 e. The van der Waals surface area contributed by atoms with Gasteiger partial charge in [-0.3, -0.25) is 0 Å². The van der Waals surface area contributed by atoms with Crippen molar-refractivity contribution in [1.82, 2.24) is 5.32 Å². The number of alkyl halides is 3. The molecule has 1 amide bonds. The number of carbonyl (C=O) groups is 1. The van der Waals surface area contributed by atoms with E-state index in [1.54, 1.807) is 12.1 Å². The molecule has 92 valence electrons. The molecule has 1 saturated heterocycles. The summed E-state index contributed by atoms with van der Waals surface area (Å²) in [5.74, 6) is 0. The average molecular weight is 263 g/mol. The Morgan fingerprint density at radius 3 is 2.65 bits per heavy atom. The molecular formula is C10H8F3NO2S. The van der Waals surface area contributed by atoms with Crippen LogP contribution in [0.4, 0.5) is 18.0 Å². The van der Waals surface area contributed by atoms with E-state index in [0.29, 0.717) is 5.56 Å². The number of rotatable bonds is 2. The van der Waals surface area contributed by atoms with Crippen molar-refractivity contribution in [1.29, 1.82) is 0 Å². The molecule has 0 aromatic heterocycles. The summed E-state index contributed by atoms with van der Waals surface area (Å²) in [6.07, 6.45) is -0.609. The van der Waals surface area contributed by atoms with Crippen molar-refractivity contribution in [2.45, 2.75) is 16.4 Å². The second-order valence-corrected chi connectivity index (χ2v) is 4.49. The van der Waals surface area contributed by atoms with Crippen molar-refractivity contribution in [3.8, 4) is 0 Å². The summed E-state index contributed by atoms with van der Waals surface area (Å²) in [5.41, 5.74) is -3.93. The highest BCUT2D eigenvalue weighted by Gasteiger charge is 2.33. The lowest BCUT2D eigenvalue weighted by molar-refractivity contribution is -0.0328. The Morgan fingerprint density at radius 2 is 2.06 bits per heavy atom. The smallest absolute Gasteiger partial charge is 0.446 e. The minimum atomic E-state index is -4.35. The lowest BCUT2D eigenvalue weighted by Gasteiger charge is -2.14. The van der Waals surface area contributed by atoms with Gasteiger partial charge in [0.1, 0.15) is 6.61 Å². The van der Waals surface area contributed by atoms with Crippen LogP contribution in [0.2, 0.25) is 0 Å². The molecule has 3 nitrogen and oxygen atoms in total. The minimum absolute atomic E-state index is 0.0499. The Kier molecular flexibility index (Phi) is 3.19. The number of benzene rings is 1.